The van der Waals surface area contributed by atoms with Crippen molar-refractivity contribution in [2.45, 2.75) is 44.9 Å². The SMILES string of the molecule is Cl.Cl.Cl.NCCCNCCCCNC(=O)OCC(=O)NCCCCCCN=C(N)N. The first-order chi connectivity index (χ1) is 13.1. The van der Waals surface area contributed by atoms with Crippen molar-refractivity contribution in [2.75, 3.05) is 45.9 Å². The zero-order valence-electron chi connectivity index (χ0n) is 17.5. The van der Waals surface area contributed by atoms with Gasteiger partial charge in [-0.15, -0.1) is 37.2 Å². The predicted octanol–water partition coefficient (Wildman–Crippen LogP) is 0.647. The molecule has 0 saturated heterocycles. The highest BCUT2D eigenvalue weighted by Crippen LogP contribution is 1.99. The summed E-state index contributed by atoms with van der Waals surface area (Å²) in [7, 11) is 0. The van der Waals surface area contributed by atoms with E-state index in [0.29, 0.717) is 26.2 Å². The number of carbonyl (C=O) groups excluding carboxylic acids is 2. The number of guanidine groups is 1. The van der Waals surface area contributed by atoms with Gasteiger partial charge in [0.05, 0.1) is 0 Å². The molecule has 0 bridgehead atoms. The number of carbonyl (C=O) groups is 2. The number of rotatable bonds is 17. The highest BCUT2D eigenvalue weighted by atomic mass is 35.5. The fourth-order valence-electron chi connectivity index (χ4n) is 2.18. The minimum atomic E-state index is -0.569. The molecule has 10 nitrogen and oxygen atoms in total. The van der Waals surface area contributed by atoms with E-state index in [1.54, 1.807) is 0 Å². The molecule has 0 fully saturated rings. The van der Waals surface area contributed by atoms with Crippen LogP contribution in [0.25, 0.3) is 0 Å². The number of aliphatic imine (C=N–C) groups is 1. The molecule has 0 aliphatic carbocycles. The number of hydrogen-bond donors (Lipinski definition) is 6. The Bertz CT molecular complexity index is 429. The highest BCUT2D eigenvalue weighted by Gasteiger charge is 2.06. The molecular weight excluding hydrogens is 457 g/mol. The number of ether oxygens (including phenoxy) is 1. The van der Waals surface area contributed by atoms with Gasteiger partial charge in [-0.05, 0) is 51.7 Å². The fraction of sp³-hybridized carbons (Fsp3) is 0.824. The van der Waals surface area contributed by atoms with Crippen LogP contribution < -0.4 is 33.2 Å². The first-order valence-corrected chi connectivity index (χ1v) is 9.69. The fourth-order valence-corrected chi connectivity index (χ4v) is 2.18. The molecule has 0 unspecified atom stereocenters. The maximum atomic E-state index is 11.6. The average molecular weight is 497 g/mol. The highest BCUT2D eigenvalue weighted by molar-refractivity contribution is 5.86. The van der Waals surface area contributed by atoms with Crippen molar-refractivity contribution in [3.63, 3.8) is 0 Å². The summed E-state index contributed by atoms with van der Waals surface area (Å²) in [5, 5.41) is 8.61. The van der Waals surface area contributed by atoms with Crippen LogP contribution in [0.1, 0.15) is 44.9 Å². The van der Waals surface area contributed by atoms with E-state index >= 15 is 0 Å². The molecule has 2 amide bonds. The van der Waals surface area contributed by atoms with Crippen LogP contribution in [-0.2, 0) is 9.53 Å². The minimum Gasteiger partial charge on any atom is -0.439 e. The molecular formula is C17H40Cl3N7O3. The topological polar surface area (TPSA) is 170 Å². The van der Waals surface area contributed by atoms with Gasteiger partial charge in [0.2, 0.25) is 0 Å². The number of halogens is 3. The van der Waals surface area contributed by atoms with Crippen LogP contribution in [0.4, 0.5) is 4.79 Å². The Balaban J connectivity index is -0.00000113. The van der Waals surface area contributed by atoms with E-state index in [1.165, 1.54) is 0 Å². The summed E-state index contributed by atoms with van der Waals surface area (Å²) >= 11 is 0. The average Bonchev–Trinajstić information content (AvgIpc) is 2.64. The second-order valence-corrected chi connectivity index (χ2v) is 6.17. The second-order valence-electron chi connectivity index (χ2n) is 6.17. The van der Waals surface area contributed by atoms with Crippen molar-refractivity contribution in [3.05, 3.63) is 0 Å². The first kappa shape index (κ1) is 36.2. The Morgan fingerprint density at radius 1 is 0.767 bits per heavy atom. The van der Waals surface area contributed by atoms with Crippen LogP contribution in [0.2, 0.25) is 0 Å². The largest absolute Gasteiger partial charge is 0.439 e. The summed E-state index contributed by atoms with van der Waals surface area (Å²) in [6.45, 7) is 3.95. The first-order valence-electron chi connectivity index (χ1n) is 9.69. The predicted molar refractivity (Wildman–Crippen MR) is 129 cm³/mol. The summed E-state index contributed by atoms with van der Waals surface area (Å²) in [4.78, 5) is 27.0. The third-order valence-electron chi connectivity index (χ3n) is 3.64. The summed E-state index contributed by atoms with van der Waals surface area (Å²) in [5.74, 6) is -0.184. The number of nitrogens with one attached hydrogen (secondary N) is 3. The molecule has 0 aliphatic heterocycles. The number of nitrogens with zero attached hydrogens (tertiary/aromatic N) is 1. The van der Waals surface area contributed by atoms with Gasteiger partial charge in [0.15, 0.2) is 12.6 Å². The molecule has 0 heterocycles. The third-order valence-corrected chi connectivity index (χ3v) is 3.64. The molecule has 0 radical (unpaired) electrons. The molecule has 9 N–H and O–H groups in total. The quantitative estimate of drug-likeness (QED) is 0.0974. The molecule has 0 aromatic carbocycles. The third kappa shape index (κ3) is 29.0. The summed E-state index contributed by atoms with van der Waals surface area (Å²) < 4.78 is 4.87. The lowest BCUT2D eigenvalue weighted by atomic mass is 10.2. The Hall–Kier alpha value is -1.20. The van der Waals surface area contributed by atoms with E-state index in [-0.39, 0.29) is 55.7 Å². The van der Waals surface area contributed by atoms with Gasteiger partial charge < -0.3 is 37.9 Å². The minimum absolute atomic E-state index is 0. The van der Waals surface area contributed by atoms with Crippen LogP contribution in [-0.4, -0.2) is 63.8 Å². The van der Waals surface area contributed by atoms with E-state index in [2.05, 4.69) is 20.9 Å². The van der Waals surface area contributed by atoms with Crippen molar-refractivity contribution < 1.29 is 14.3 Å². The lowest BCUT2D eigenvalue weighted by Crippen LogP contribution is -2.33. The Kier molecular flexibility index (Phi) is 33.5. The number of alkyl carbamates (subject to hydrolysis) is 1. The zero-order chi connectivity index (χ0) is 20.2. The van der Waals surface area contributed by atoms with E-state index in [9.17, 15) is 9.59 Å². The molecule has 0 saturated carbocycles. The molecule has 0 aromatic rings. The van der Waals surface area contributed by atoms with E-state index in [1.807, 2.05) is 0 Å². The van der Waals surface area contributed by atoms with Crippen molar-refractivity contribution >= 4 is 55.2 Å². The normalized spacial score (nSPS) is 9.23. The van der Waals surface area contributed by atoms with Crippen molar-refractivity contribution in [1.82, 2.24) is 16.0 Å². The van der Waals surface area contributed by atoms with E-state index < -0.39 is 6.09 Å². The zero-order valence-corrected chi connectivity index (χ0v) is 20.0. The number of nitrogens with two attached hydrogens (primary N) is 3. The van der Waals surface area contributed by atoms with Crippen molar-refractivity contribution in [1.29, 1.82) is 0 Å². The summed E-state index contributed by atoms with van der Waals surface area (Å²) in [5.41, 5.74) is 15.9. The van der Waals surface area contributed by atoms with Gasteiger partial charge in [0, 0.05) is 19.6 Å². The van der Waals surface area contributed by atoms with Crippen molar-refractivity contribution in [2.24, 2.45) is 22.2 Å². The van der Waals surface area contributed by atoms with Crippen molar-refractivity contribution in [3.8, 4) is 0 Å². The maximum absolute atomic E-state index is 11.6. The summed E-state index contributed by atoms with van der Waals surface area (Å²) in [6.07, 6.45) is 5.94. The molecule has 0 spiro atoms. The van der Waals surface area contributed by atoms with Gasteiger partial charge in [-0.2, -0.15) is 0 Å². The molecule has 30 heavy (non-hydrogen) atoms. The summed E-state index contributed by atoms with van der Waals surface area (Å²) in [6, 6.07) is 0. The molecule has 0 aromatic heterocycles. The van der Waals surface area contributed by atoms with Crippen LogP contribution in [0.3, 0.4) is 0 Å². The monoisotopic (exact) mass is 495 g/mol. The number of hydrogen-bond acceptors (Lipinski definition) is 6. The van der Waals surface area contributed by atoms with Crippen LogP contribution >= 0.6 is 37.2 Å². The van der Waals surface area contributed by atoms with E-state index in [0.717, 1.165) is 58.0 Å². The van der Waals surface area contributed by atoms with Gasteiger partial charge in [-0.1, -0.05) is 12.8 Å². The lowest BCUT2D eigenvalue weighted by Gasteiger charge is -2.08. The Labute approximate surface area is 198 Å². The number of amides is 2. The lowest BCUT2D eigenvalue weighted by molar-refractivity contribution is -0.123. The smallest absolute Gasteiger partial charge is 0.407 e. The van der Waals surface area contributed by atoms with E-state index in [4.69, 9.17) is 21.9 Å². The Morgan fingerprint density at radius 3 is 2.00 bits per heavy atom. The van der Waals surface area contributed by atoms with Crippen LogP contribution in [0, 0.1) is 0 Å². The van der Waals surface area contributed by atoms with Gasteiger partial charge >= 0.3 is 6.09 Å². The standard InChI is InChI=1S/C17H37N7O3.3ClH/c18-8-7-10-21-9-5-6-13-24-17(26)27-14-15(25)22-11-3-1-2-4-12-23-16(19)20;;;/h21H,1-14,18H2,(H,22,25)(H,24,26)(H4,19,20,23);3*1H. The molecule has 0 atom stereocenters. The van der Waals surface area contributed by atoms with Gasteiger partial charge in [0.25, 0.3) is 5.91 Å². The molecule has 0 aliphatic rings. The van der Waals surface area contributed by atoms with Gasteiger partial charge in [0.1, 0.15) is 0 Å². The van der Waals surface area contributed by atoms with Crippen LogP contribution in [0.15, 0.2) is 4.99 Å². The molecule has 0 rings (SSSR count). The maximum Gasteiger partial charge on any atom is 0.407 e. The van der Waals surface area contributed by atoms with Crippen LogP contribution in [0.5, 0.6) is 0 Å². The van der Waals surface area contributed by atoms with Gasteiger partial charge in [-0.25, -0.2) is 4.79 Å². The molecule has 13 heteroatoms. The molecule has 182 valence electrons. The van der Waals surface area contributed by atoms with Gasteiger partial charge in [-0.3, -0.25) is 9.79 Å². The number of unbranched alkanes of at least 4 members (excludes halogenated alkanes) is 4. The second kappa shape index (κ2) is 27.8. The Morgan fingerprint density at radius 2 is 1.33 bits per heavy atom.